The zero-order chi connectivity index (χ0) is 4.00. The summed E-state index contributed by atoms with van der Waals surface area (Å²) in [6.07, 6.45) is 0. The Morgan fingerprint density at radius 1 is 1.20 bits per heavy atom. The number of rotatable bonds is 0. The van der Waals surface area contributed by atoms with Crippen LogP contribution in [-0.4, -0.2) is 0 Å². The minimum absolute atomic E-state index is 0. The molecule has 0 saturated carbocycles. The van der Waals surface area contributed by atoms with Crippen LogP contribution in [0, 0.1) is 0 Å². The molecule has 0 nitrogen and oxygen atoms in total. The van der Waals surface area contributed by atoms with Crippen LogP contribution in [0.2, 0.25) is 0 Å². The van der Waals surface area contributed by atoms with Crippen molar-refractivity contribution in [1.82, 2.24) is 0 Å². The molecule has 0 aliphatic carbocycles. The number of hydrogen-bond donors (Lipinski definition) is 0. The third-order valence-electron chi connectivity index (χ3n) is 0. The van der Waals surface area contributed by atoms with Gasteiger partial charge in [-0.15, -0.1) is 0 Å². The Morgan fingerprint density at radius 2 is 1.20 bits per heavy atom. The predicted octanol–water partition coefficient (Wildman–Crippen LogP) is 2.38. The first-order valence-corrected chi connectivity index (χ1v) is 5.73. The quantitative estimate of drug-likeness (QED) is 0.538. The summed E-state index contributed by atoms with van der Waals surface area (Å²) >= 11 is 7.92. The van der Waals surface area contributed by atoms with Gasteiger partial charge in [0.2, 0.25) is 0 Å². The maximum absolute atomic E-state index is 4.45. The summed E-state index contributed by atoms with van der Waals surface area (Å²) in [5.41, 5.74) is 0. The van der Waals surface area contributed by atoms with Crippen molar-refractivity contribution in [3.8, 4) is 0 Å². The molecule has 43 valence electrons. The molecule has 0 aromatic rings. The molecule has 0 amide bonds. The van der Waals surface area contributed by atoms with Crippen LogP contribution < -0.4 is 0 Å². The van der Waals surface area contributed by atoms with Gasteiger partial charge in [0.1, 0.15) is 0 Å². The second kappa shape index (κ2) is 29.6. The second-order valence-corrected chi connectivity index (χ2v) is 0. The van der Waals surface area contributed by atoms with Crippen molar-refractivity contribution in [2.45, 2.75) is 0 Å². The molecule has 0 rings (SSSR count). The zero-order valence-corrected chi connectivity index (χ0v) is 8.63. The van der Waals surface area contributed by atoms with Crippen LogP contribution in [0.4, 0.5) is 0 Å². The van der Waals surface area contributed by atoms with Crippen molar-refractivity contribution < 1.29 is 41.3 Å². The fourth-order valence-corrected chi connectivity index (χ4v) is 0. The van der Waals surface area contributed by atoms with E-state index in [1.165, 1.54) is 0 Å². The van der Waals surface area contributed by atoms with Gasteiger partial charge < -0.3 is 0 Å². The first-order chi connectivity index (χ1) is 2.00. The van der Waals surface area contributed by atoms with E-state index >= 15 is 0 Å². The third kappa shape index (κ3) is 20.2. The van der Waals surface area contributed by atoms with E-state index in [9.17, 15) is 0 Å². The first-order valence-electron chi connectivity index (χ1n) is 0.257. The van der Waals surface area contributed by atoms with Crippen molar-refractivity contribution >= 4 is 38.2 Å². The topological polar surface area (TPSA) is 0 Å². The Hall–Kier alpha value is 2.73. The van der Waals surface area contributed by atoms with Gasteiger partial charge in [-0.05, 0) is 10.1 Å². The van der Waals surface area contributed by atoms with Crippen LogP contribution in [0.3, 0.4) is 0 Å². The zero-order valence-electron chi connectivity index (χ0n) is 1.74. The van der Waals surface area contributed by atoms with Crippen LogP contribution in [0.25, 0.3) is 0 Å². The number of halogens is 3. The molecule has 0 aliphatic rings. The Labute approximate surface area is 78.2 Å². The van der Waals surface area contributed by atoms with E-state index in [1.807, 2.05) is 0 Å². The molecule has 0 aromatic carbocycles. The minimum atomic E-state index is 0. The summed E-state index contributed by atoms with van der Waals surface area (Å²) in [4.78, 5) is 0. The van der Waals surface area contributed by atoms with Gasteiger partial charge in [-0.1, -0.05) is 0 Å². The molecule has 0 saturated heterocycles. The summed E-state index contributed by atoms with van der Waals surface area (Å²) in [7, 11) is 4.45. The molecule has 0 aromatic heterocycles. The van der Waals surface area contributed by atoms with Crippen molar-refractivity contribution in [2.24, 2.45) is 0 Å². The Morgan fingerprint density at radius 3 is 1.20 bits per heavy atom. The monoisotopic (exact) mass is 407 g/mol. The van der Waals surface area contributed by atoms with Crippen LogP contribution in [0.5, 0.6) is 0 Å². The van der Waals surface area contributed by atoms with Crippen molar-refractivity contribution in [3.63, 3.8) is 0 Å². The van der Waals surface area contributed by atoms with E-state index in [-0.39, 0.29) is 22.4 Å². The first kappa shape index (κ1) is 15.6. The van der Waals surface area contributed by atoms with E-state index in [4.69, 9.17) is 0 Å². The van der Waals surface area contributed by atoms with Gasteiger partial charge in [0.25, 0.3) is 0 Å². The molecule has 5 heteroatoms. The summed E-state index contributed by atoms with van der Waals surface area (Å²) in [6, 6.07) is 0. The summed E-state index contributed by atoms with van der Waals surface area (Å²) < 4.78 is 0. The fourth-order valence-electron chi connectivity index (χ4n) is 0. The second-order valence-electron chi connectivity index (χ2n) is 0. The van der Waals surface area contributed by atoms with Gasteiger partial charge in [-0.3, -0.25) is 0 Å². The Bertz CT molecular complexity index is 7.61. The van der Waals surface area contributed by atoms with Gasteiger partial charge in [0, 0.05) is 37.4 Å². The molecular formula is Ag2Br2Cl. The molecule has 0 heterocycles. The third-order valence-corrected chi connectivity index (χ3v) is 0. The standard InChI is InChI=1S/2Ag.BrCl.BrH/c;;1-2;/h;;;1H/q;+1;;/p-1. The van der Waals surface area contributed by atoms with E-state index in [0.717, 1.165) is 0 Å². The van der Waals surface area contributed by atoms with E-state index in [1.54, 1.807) is 0 Å². The molecule has 0 spiro atoms. The molecular weight excluding hydrogens is 411 g/mol. The predicted molar refractivity (Wildman–Crippen MR) is 23.7 cm³/mol. The molecule has 0 atom stereocenters. The van der Waals surface area contributed by atoms with Crippen LogP contribution in [0.15, 0.2) is 0 Å². The summed E-state index contributed by atoms with van der Waals surface area (Å²) in [6.45, 7) is 0. The molecule has 0 aliphatic heterocycles. The molecule has 0 fully saturated rings. The van der Waals surface area contributed by atoms with Gasteiger partial charge in [-0.25, -0.2) is 0 Å². The molecule has 0 unspecified atom stereocenters. The molecule has 1 radical (unpaired) electrons. The van der Waals surface area contributed by atoms with Gasteiger partial charge in [0.05, 0.1) is 0 Å². The Kier molecular flexibility index (Phi) is 92.8. The maximum atomic E-state index is 4.45. The van der Waals surface area contributed by atoms with E-state index < -0.39 is 0 Å². The van der Waals surface area contributed by atoms with Gasteiger partial charge in [-0.2, -0.15) is 0 Å². The average Bonchev–Trinajstić information content (AvgIpc) is 1.50. The van der Waals surface area contributed by atoms with Crippen molar-refractivity contribution in [1.29, 1.82) is 0 Å². The van der Waals surface area contributed by atoms with Crippen LogP contribution in [-0.2, 0) is 41.3 Å². The molecule has 5 heavy (non-hydrogen) atoms. The SMILES string of the molecule is ClBr.[Ag].[Br][Ag]. The van der Waals surface area contributed by atoms with Crippen LogP contribution >= 0.6 is 38.2 Å². The van der Waals surface area contributed by atoms with E-state index in [2.05, 4.69) is 57.1 Å². The normalized spacial score (nSPS) is 2.60. The van der Waals surface area contributed by atoms with Crippen molar-refractivity contribution in [3.05, 3.63) is 0 Å². The van der Waals surface area contributed by atoms with Gasteiger partial charge in [0.15, 0.2) is 0 Å². The van der Waals surface area contributed by atoms with Crippen LogP contribution in [0.1, 0.15) is 0 Å². The van der Waals surface area contributed by atoms with Gasteiger partial charge >= 0.3 is 32.0 Å². The Balaban J connectivity index is -0.0000000133. The van der Waals surface area contributed by atoms with E-state index in [0.29, 0.717) is 0 Å². The molecule has 0 bridgehead atoms. The molecule has 0 N–H and O–H groups in total. The summed E-state index contributed by atoms with van der Waals surface area (Å²) in [5.74, 6) is 0. The van der Waals surface area contributed by atoms with Crippen molar-refractivity contribution in [2.75, 3.05) is 0 Å². The number of hydrogen-bond acceptors (Lipinski definition) is 0. The average molecular weight is 411 g/mol. The fraction of sp³-hybridized carbons (Fsp3) is 0. The summed E-state index contributed by atoms with van der Waals surface area (Å²) in [5, 5.41) is 0.